The van der Waals surface area contributed by atoms with Crippen molar-refractivity contribution in [3.05, 3.63) is 30.1 Å². The van der Waals surface area contributed by atoms with Crippen LogP contribution in [0, 0.1) is 11.7 Å². The number of aliphatic hydroxyl groups is 1. The van der Waals surface area contributed by atoms with Gasteiger partial charge in [-0.05, 0) is 37.9 Å². The lowest BCUT2D eigenvalue weighted by Crippen LogP contribution is -2.32. The van der Waals surface area contributed by atoms with Gasteiger partial charge in [-0.1, -0.05) is 18.6 Å². The molecule has 4 heteroatoms. The quantitative estimate of drug-likeness (QED) is 0.858. The van der Waals surface area contributed by atoms with E-state index in [0.29, 0.717) is 18.3 Å². The maximum atomic E-state index is 13.3. The van der Waals surface area contributed by atoms with E-state index in [9.17, 15) is 9.50 Å². The van der Waals surface area contributed by atoms with E-state index in [1.807, 2.05) is 7.05 Å². The van der Waals surface area contributed by atoms with E-state index < -0.39 is 0 Å². The summed E-state index contributed by atoms with van der Waals surface area (Å²) in [6.07, 6.45) is 2.98. The molecule has 0 saturated heterocycles. The van der Waals surface area contributed by atoms with Crippen LogP contribution in [0.2, 0.25) is 0 Å². The number of hydrogen-bond donors (Lipinski definition) is 1. The Bertz CT molecular complexity index is 399. The average molecular weight is 267 g/mol. The molecule has 1 aromatic carbocycles. The molecule has 2 atom stereocenters. The Morgan fingerprint density at radius 3 is 2.84 bits per heavy atom. The summed E-state index contributed by atoms with van der Waals surface area (Å²) < 4.78 is 18.7. The van der Waals surface area contributed by atoms with Crippen molar-refractivity contribution in [3.63, 3.8) is 0 Å². The first-order chi connectivity index (χ1) is 9.16. The van der Waals surface area contributed by atoms with Crippen molar-refractivity contribution in [1.29, 1.82) is 0 Å². The summed E-state index contributed by atoms with van der Waals surface area (Å²) >= 11 is 0. The largest absolute Gasteiger partial charge is 0.489 e. The predicted molar refractivity (Wildman–Crippen MR) is 72.7 cm³/mol. The van der Waals surface area contributed by atoms with Gasteiger partial charge in [0.25, 0.3) is 0 Å². The molecule has 0 aromatic heterocycles. The number of nitrogens with zero attached hydrogens (tertiary/aromatic N) is 1. The van der Waals surface area contributed by atoms with E-state index in [2.05, 4.69) is 4.90 Å². The number of para-hydroxylation sites is 1. The van der Waals surface area contributed by atoms with Gasteiger partial charge in [0.15, 0.2) is 11.6 Å². The summed E-state index contributed by atoms with van der Waals surface area (Å²) in [6, 6.07) is 6.44. The van der Waals surface area contributed by atoms with Gasteiger partial charge in [-0.25, -0.2) is 4.39 Å². The van der Waals surface area contributed by atoms with Gasteiger partial charge in [-0.2, -0.15) is 0 Å². The minimum Gasteiger partial charge on any atom is -0.489 e. The molecule has 1 saturated carbocycles. The summed E-state index contributed by atoms with van der Waals surface area (Å²) in [4.78, 5) is 2.14. The Balaban J connectivity index is 1.69. The number of halogens is 1. The zero-order chi connectivity index (χ0) is 13.7. The molecule has 0 heterocycles. The van der Waals surface area contributed by atoms with Crippen LogP contribution in [0.5, 0.6) is 5.75 Å². The monoisotopic (exact) mass is 267 g/mol. The van der Waals surface area contributed by atoms with E-state index in [0.717, 1.165) is 32.4 Å². The van der Waals surface area contributed by atoms with Gasteiger partial charge in [0.1, 0.15) is 6.61 Å². The van der Waals surface area contributed by atoms with Crippen molar-refractivity contribution in [1.82, 2.24) is 4.90 Å². The summed E-state index contributed by atoms with van der Waals surface area (Å²) in [5.41, 5.74) is 0. The molecular formula is C15H22FNO2. The Hall–Kier alpha value is -1.13. The normalized spacial score (nSPS) is 22.9. The van der Waals surface area contributed by atoms with Gasteiger partial charge < -0.3 is 14.7 Å². The van der Waals surface area contributed by atoms with Crippen LogP contribution in [0.4, 0.5) is 4.39 Å². The van der Waals surface area contributed by atoms with E-state index >= 15 is 0 Å². The fourth-order valence-electron chi connectivity index (χ4n) is 2.60. The molecule has 0 amide bonds. The lowest BCUT2D eigenvalue weighted by atomic mass is 10.1. The van der Waals surface area contributed by atoms with Crippen molar-refractivity contribution in [2.45, 2.75) is 25.4 Å². The molecular weight excluding hydrogens is 245 g/mol. The van der Waals surface area contributed by atoms with E-state index in [4.69, 9.17) is 4.74 Å². The lowest BCUT2D eigenvalue weighted by Gasteiger charge is -2.23. The summed E-state index contributed by atoms with van der Waals surface area (Å²) in [5, 5.41) is 9.77. The van der Waals surface area contributed by atoms with Crippen LogP contribution >= 0.6 is 0 Å². The molecule has 2 rings (SSSR count). The minimum atomic E-state index is -0.323. The average Bonchev–Trinajstić information content (AvgIpc) is 2.77. The zero-order valence-electron chi connectivity index (χ0n) is 11.4. The number of likely N-dealkylation sites (N-methyl/N-ethyl adjacent to an activating group) is 1. The third-order valence-corrected chi connectivity index (χ3v) is 3.73. The Kier molecular flexibility index (Phi) is 5.16. The highest BCUT2D eigenvalue weighted by Gasteiger charge is 2.25. The molecule has 0 spiro atoms. The van der Waals surface area contributed by atoms with Crippen molar-refractivity contribution in [2.75, 3.05) is 26.7 Å². The molecule has 1 aliphatic rings. The van der Waals surface area contributed by atoms with Crippen LogP contribution in [-0.2, 0) is 0 Å². The van der Waals surface area contributed by atoms with Gasteiger partial charge in [0.2, 0.25) is 0 Å². The highest BCUT2D eigenvalue weighted by molar-refractivity contribution is 5.23. The molecule has 106 valence electrons. The second kappa shape index (κ2) is 6.87. The topological polar surface area (TPSA) is 32.7 Å². The molecule has 3 nitrogen and oxygen atoms in total. The van der Waals surface area contributed by atoms with Gasteiger partial charge in [0.05, 0.1) is 6.10 Å². The van der Waals surface area contributed by atoms with Crippen molar-refractivity contribution in [2.24, 2.45) is 5.92 Å². The minimum absolute atomic E-state index is 0.157. The fraction of sp³-hybridized carbons (Fsp3) is 0.600. The van der Waals surface area contributed by atoms with Gasteiger partial charge >= 0.3 is 0 Å². The van der Waals surface area contributed by atoms with E-state index in [-0.39, 0.29) is 11.9 Å². The number of aliphatic hydroxyl groups excluding tert-OH is 1. The van der Waals surface area contributed by atoms with Crippen molar-refractivity contribution in [3.8, 4) is 5.75 Å². The highest BCUT2D eigenvalue weighted by atomic mass is 19.1. The standard InChI is InChI=1S/C15H22FNO2/c1-17(11-12-5-4-7-14(12)18)9-10-19-15-8-3-2-6-13(15)16/h2-3,6,8,12,14,18H,4-5,7,9-11H2,1H3. The molecule has 1 aliphatic carbocycles. The maximum Gasteiger partial charge on any atom is 0.165 e. The molecule has 2 unspecified atom stereocenters. The van der Waals surface area contributed by atoms with Gasteiger partial charge in [0, 0.05) is 13.1 Å². The molecule has 0 aliphatic heterocycles. The molecule has 0 radical (unpaired) electrons. The second-order valence-corrected chi connectivity index (χ2v) is 5.30. The van der Waals surface area contributed by atoms with E-state index in [1.54, 1.807) is 18.2 Å². The van der Waals surface area contributed by atoms with Crippen LogP contribution in [0.15, 0.2) is 24.3 Å². The van der Waals surface area contributed by atoms with E-state index in [1.165, 1.54) is 6.07 Å². The third-order valence-electron chi connectivity index (χ3n) is 3.73. The molecule has 1 fully saturated rings. The fourth-order valence-corrected chi connectivity index (χ4v) is 2.60. The first-order valence-corrected chi connectivity index (χ1v) is 6.91. The summed E-state index contributed by atoms with van der Waals surface area (Å²) in [6.45, 7) is 2.07. The van der Waals surface area contributed by atoms with Crippen LogP contribution < -0.4 is 4.74 Å². The van der Waals surface area contributed by atoms with Gasteiger partial charge in [-0.3, -0.25) is 0 Å². The van der Waals surface area contributed by atoms with Crippen LogP contribution in [0.25, 0.3) is 0 Å². The molecule has 0 bridgehead atoms. The smallest absolute Gasteiger partial charge is 0.165 e. The van der Waals surface area contributed by atoms with Gasteiger partial charge in [-0.15, -0.1) is 0 Å². The Morgan fingerprint density at radius 2 is 2.16 bits per heavy atom. The SMILES string of the molecule is CN(CCOc1ccccc1F)CC1CCCC1O. The highest BCUT2D eigenvalue weighted by Crippen LogP contribution is 2.25. The predicted octanol–water partition coefficient (Wildman–Crippen LogP) is 2.30. The number of benzene rings is 1. The zero-order valence-corrected chi connectivity index (χ0v) is 11.4. The molecule has 1 aromatic rings. The van der Waals surface area contributed by atoms with Crippen LogP contribution in [0.3, 0.4) is 0 Å². The second-order valence-electron chi connectivity index (χ2n) is 5.30. The first-order valence-electron chi connectivity index (χ1n) is 6.91. The number of rotatable bonds is 6. The molecule has 1 N–H and O–H groups in total. The Morgan fingerprint density at radius 1 is 1.37 bits per heavy atom. The number of hydrogen-bond acceptors (Lipinski definition) is 3. The lowest BCUT2D eigenvalue weighted by molar-refractivity contribution is 0.104. The van der Waals surface area contributed by atoms with Crippen molar-refractivity contribution >= 4 is 0 Å². The molecule has 19 heavy (non-hydrogen) atoms. The number of ether oxygens (including phenoxy) is 1. The first kappa shape index (κ1) is 14.3. The Labute approximate surface area is 114 Å². The van der Waals surface area contributed by atoms with Crippen LogP contribution in [-0.4, -0.2) is 42.9 Å². The summed E-state index contributed by atoms with van der Waals surface area (Å²) in [5.74, 6) is 0.353. The van der Waals surface area contributed by atoms with Crippen LogP contribution in [0.1, 0.15) is 19.3 Å². The third kappa shape index (κ3) is 4.18. The van der Waals surface area contributed by atoms with Crippen molar-refractivity contribution < 1.29 is 14.2 Å². The summed E-state index contributed by atoms with van der Waals surface area (Å²) in [7, 11) is 2.01. The maximum absolute atomic E-state index is 13.3.